The number of carbonyl (C=O) groups is 1. The van der Waals surface area contributed by atoms with Gasteiger partial charge in [-0.05, 0) is 51.4 Å². The van der Waals surface area contributed by atoms with E-state index >= 15 is 0 Å². The number of likely N-dealkylation sites (N-methyl/N-ethyl adjacent to an activating group) is 1. The predicted octanol–water partition coefficient (Wildman–Crippen LogP) is 10.9. The minimum Gasteiger partial charge on any atom is -0.756 e. The van der Waals surface area contributed by atoms with E-state index in [1.165, 1.54) is 89.9 Å². The fourth-order valence-electron chi connectivity index (χ4n) is 5.93. The summed E-state index contributed by atoms with van der Waals surface area (Å²) in [5, 5.41) is 13.8. The number of aliphatic hydroxyl groups excluding tert-OH is 1. The maximum absolute atomic E-state index is 12.8. The first-order chi connectivity index (χ1) is 25.0. The van der Waals surface area contributed by atoms with Crippen LogP contribution >= 0.6 is 7.82 Å². The molecule has 0 fully saturated rings. The third kappa shape index (κ3) is 37.1. The van der Waals surface area contributed by atoms with Crippen LogP contribution in [0.15, 0.2) is 36.5 Å². The molecule has 0 saturated carbocycles. The standard InChI is InChI=1S/C43H83N2O6P/c1-6-8-10-12-14-16-18-19-20-21-22-23-24-25-27-29-31-33-35-37-43(47)44-41(40-51-52(48,49)50-39-38-45(3,4)5)42(46)36-34-32-30-28-26-17-15-13-11-9-7-2/h14,16,19-20,22-23,41-42,46H,6-13,15,17-18,21,24-40H2,1-5H3,(H-,44,47,48,49)/b16-14-,20-19-,23-22-. The fourth-order valence-corrected chi connectivity index (χ4v) is 6.65. The Morgan fingerprint density at radius 1 is 0.673 bits per heavy atom. The highest BCUT2D eigenvalue weighted by Crippen LogP contribution is 2.38. The predicted molar refractivity (Wildman–Crippen MR) is 219 cm³/mol. The molecule has 0 bridgehead atoms. The molecule has 0 radical (unpaired) electrons. The Bertz CT molecular complexity index is 948. The number of hydrogen-bond acceptors (Lipinski definition) is 6. The lowest BCUT2D eigenvalue weighted by Gasteiger charge is -2.30. The smallest absolute Gasteiger partial charge is 0.268 e. The fraction of sp³-hybridized carbons (Fsp3) is 0.837. The molecule has 0 aliphatic carbocycles. The molecule has 9 heteroatoms. The number of amides is 1. The van der Waals surface area contributed by atoms with Crippen LogP contribution in [0.3, 0.4) is 0 Å². The maximum atomic E-state index is 12.8. The van der Waals surface area contributed by atoms with E-state index in [0.717, 1.165) is 64.2 Å². The van der Waals surface area contributed by atoms with E-state index in [4.69, 9.17) is 9.05 Å². The lowest BCUT2D eigenvalue weighted by atomic mass is 10.0. The summed E-state index contributed by atoms with van der Waals surface area (Å²) in [5.74, 6) is -0.180. The second-order valence-electron chi connectivity index (χ2n) is 15.7. The van der Waals surface area contributed by atoms with E-state index in [1.807, 2.05) is 21.1 Å². The number of allylic oxidation sites excluding steroid dienone is 6. The van der Waals surface area contributed by atoms with Gasteiger partial charge in [0.1, 0.15) is 13.2 Å². The van der Waals surface area contributed by atoms with Crippen LogP contribution in [0.2, 0.25) is 0 Å². The number of phosphoric acid groups is 1. The third-order valence-electron chi connectivity index (χ3n) is 9.38. The average molecular weight is 755 g/mol. The zero-order valence-electron chi connectivity index (χ0n) is 34.5. The van der Waals surface area contributed by atoms with Gasteiger partial charge in [-0.1, -0.05) is 159 Å². The summed E-state index contributed by atoms with van der Waals surface area (Å²) in [6.07, 6.45) is 41.4. The summed E-state index contributed by atoms with van der Waals surface area (Å²) >= 11 is 0. The highest BCUT2D eigenvalue weighted by atomic mass is 31.2. The molecule has 0 saturated heterocycles. The molecule has 0 spiro atoms. The van der Waals surface area contributed by atoms with Gasteiger partial charge in [-0.2, -0.15) is 0 Å². The van der Waals surface area contributed by atoms with E-state index in [9.17, 15) is 19.4 Å². The average Bonchev–Trinajstić information content (AvgIpc) is 3.09. The summed E-state index contributed by atoms with van der Waals surface area (Å²) in [7, 11) is 1.29. The van der Waals surface area contributed by atoms with Gasteiger partial charge < -0.3 is 28.8 Å². The van der Waals surface area contributed by atoms with E-state index in [1.54, 1.807) is 0 Å². The number of quaternary nitrogens is 1. The van der Waals surface area contributed by atoms with Crippen molar-refractivity contribution < 1.29 is 32.9 Å². The summed E-state index contributed by atoms with van der Waals surface area (Å²) in [4.78, 5) is 25.3. The molecule has 0 heterocycles. The van der Waals surface area contributed by atoms with Gasteiger partial charge in [-0.3, -0.25) is 9.36 Å². The van der Waals surface area contributed by atoms with E-state index < -0.39 is 20.0 Å². The molecule has 0 aromatic heterocycles. The molecule has 0 aromatic carbocycles. The third-order valence-corrected chi connectivity index (χ3v) is 10.3. The van der Waals surface area contributed by atoms with Crippen LogP contribution in [0.1, 0.15) is 181 Å². The molecule has 2 N–H and O–H groups in total. The van der Waals surface area contributed by atoms with Crippen molar-refractivity contribution in [2.45, 2.75) is 193 Å². The van der Waals surface area contributed by atoms with Crippen LogP contribution in [0.25, 0.3) is 0 Å². The lowest BCUT2D eigenvalue weighted by Crippen LogP contribution is -2.46. The zero-order chi connectivity index (χ0) is 38.6. The van der Waals surface area contributed by atoms with Gasteiger partial charge in [0.15, 0.2) is 0 Å². The van der Waals surface area contributed by atoms with Gasteiger partial charge in [-0.15, -0.1) is 0 Å². The molecule has 3 atom stereocenters. The normalized spacial score (nSPS) is 14.8. The molecule has 1 amide bonds. The molecule has 0 aliphatic rings. The Kier molecular flexibility index (Phi) is 34.6. The van der Waals surface area contributed by atoms with Gasteiger partial charge in [0.05, 0.1) is 39.9 Å². The molecular formula is C43H83N2O6P. The summed E-state index contributed by atoms with van der Waals surface area (Å²) < 4.78 is 23.2. The minimum atomic E-state index is -4.56. The quantitative estimate of drug-likeness (QED) is 0.0281. The Morgan fingerprint density at radius 3 is 1.65 bits per heavy atom. The number of unbranched alkanes of at least 4 members (excludes halogenated alkanes) is 19. The first-order valence-corrected chi connectivity index (χ1v) is 22.8. The Balaban J connectivity index is 4.38. The summed E-state index contributed by atoms with van der Waals surface area (Å²) in [6, 6.07) is -0.805. The van der Waals surface area contributed by atoms with Crippen molar-refractivity contribution in [2.24, 2.45) is 0 Å². The molecule has 52 heavy (non-hydrogen) atoms. The van der Waals surface area contributed by atoms with Crippen molar-refractivity contribution >= 4 is 13.7 Å². The van der Waals surface area contributed by atoms with Crippen LogP contribution < -0.4 is 10.2 Å². The van der Waals surface area contributed by atoms with E-state index in [-0.39, 0.29) is 19.1 Å². The second-order valence-corrected chi connectivity index (χ2v) is 17.1. The van der Waals surface area contributed by atoms with Crippen LogP contribution in [0, 0.1) is 0 Å². The lowest BCUT2D eigenvalue weighted by molar-refractivity contribution is -0.870. The summed E-state index contributed by atoms with van der Waals surface area (Å²) in [5.41, 5.74) is 0. The molecule has 3 unspecified atom stereocenters. The highest BCUT2D eigenvalue weighted by Gasteiger charge is 2.24. The summed E-state index contributed by atoms with van der Waals surface area (Å²) in [6.45, 7) is 4.66. The monoisotopic (exact) mass is 755 g/mol. The van der Waals surface area contributed by atoms with Crippen LogP contribution in [0.5, 0.6) is 0 Å². The first-order valence-electron chi connectivity index (χ1n) is 21.3. The molecular weight excluding hydrogens is 671 g/mol. The zero-order valence-corrected chi connectivity index (χ0v) is 35.4. The number of nitrogens with zero attached hydrogens (tertiary/aromatic N) is 1. The molecule has 306 valence electrons. The van der Waals surface area contributed by atoms with Crippen molar-refractivity contribution in [2.75, 3.05) is 40.9 Å². The van der Waals surface area contributed by atoms with Gasteiger partial charge in [-0.25, -0.2) is 0 Å². The number of carbonyl (C=O) groups excluding carboxylic acids is 1. The van der Waals surface area contributed by atoms with Crippen molar-refractivity contribution in [1.82, 2.24) is 5.32 Å². The molecule has 0 aromatic rings. The van der Waals surface area contributed by atoms with Gasteiger partial charge in [0, 0.05) is 6.42 Å². The number of phosphoric ester groups is 1. The van der Waals surface area contributed by atoms with E-state index in [2.05, 4.69) is 55.6 Å². The van der Waals surface area contributed by atoms with Gasteiger partial charge in [0.2, 0.25) is 5.91 Å². The molecule has 0 aliphatic heterocycles. The topological polar surface area (TPSA) is 108 Å². The molecule has 8 nitrogen and oxygen atoms in total. The highest BCUT2D eigenvalue weighted by molar-refractivity contribution is 7.45. The van der Waals surface area contributed by atoms with Crippen molar-refractivity contribution in [3.05, 3.63) is 36.5 Å². The van der Waals surface area contributed by atoms with Crippen molar-refractivity contribution in [3.8, 4) is 0 Å². The van der Waals surface area contributed by atoms with Crippen LogP contribution in [0.4, 0.5) is 0 Å². The number of nitrogens with one attached hydrogen (secondary N) is 1. The maximum Gasteiger partial charge on any atom is 0.268 e. The SMILES string of the molecule is CCCCC/C=C\C/C=C\C/C=C\CCCCCCCCC(=O)NC(COP(=O)([O-])OCC[N+](C)(C)C)C(O)CCCCCCCCCCCCC. The van der Waals surface area contributed by atoms with Crippen molar-refractivity contribution in [1.29, 1.82) is 0 Å². The Morgan fingerprint density at radius 2 is 1.12 bits per heavy atom. The number of hydrogen-bond donors (Lipinski definition) is 2. The van der Waals surface area contributed by atoms with E-state index in [0.29, 0.717) is 23.9 Å². The van der Waals surface area contributed by atoms with Gasteiger partial charge >= 0.3 is 0 Å². The van der Waals surface area contributed by atoms with Crippen LogP contribution in [-0.4, -0.2) is 68.5 Å². The second kappa shape index (κ2) is 35.4. The largest absolute Gasteiger partial charge is 0.756 e. The minimum absolute atomic E-state index is 0.00840. The Hall–Kier alpha value is -1.28. The van der Waals surface area contributed by atoms with Crippen molar-refractivity contribution in [3.63, 3.8) is 0 Å². The van der Waals surface area contributed by atoms with Crippen LogP contribution in [-0.2, 0) is 18.4 Å². The van der Waals surface area contributed by atoms with Gasteiger partial charge in [0.25, 0.3) is 7.82 Å². The number of rotatable bonds is 38. The Labute approximate surface area is 321 Å². The molecule has 0 rings (SSSR count). The first kappa shape index (κ1) is 50.7. The number of aliphatic hydroxyl groups is 1.